The summed E-state index contributed by atoms with van der Waals surface area (Å²) >= 11 is 6.64. The van der Waals surface area contributed by atoms with Gasteiger partial charge in [0.25, 0.3) is 0 Å². The van der Waals surface area contributed by atoms with E-state index in [9.17, 15) is 14.0 Å². The minimum atomic E-state index is -1.18. The second kappa shape index (κ2) is 6.28. The molecule has 2 rings (SSSR count). The van der Waals surface area contributed by atoms with Crippen molar-refractivity contribution < 1.29 is 14.3 Å². The number of carboxylic acids is 1. The fourth-order valence-corrected chi connectivity index (χ4v) is 2.83. The summed E-state index contributed by atoms with van der Waals surface area (Å²) in [6.45, 7) is 1.48. The maximum absolute atomic E-state index is 13.3. The summed E-state index contributed by atoms with van der Waals surface area (Å²) < 4.78 is 13.3. The van der Waals surface area contributed by atoms with Crippen LogP contribution in [0.1, 0.15) is 21.6 Å². The van der Waals surface area contributed by atoms with E-state index >= 15 is 0 Å². The molecule has 0 aliphatic carbocycles. The van der Waals surface area contributed by atoms with Gasteiger partial charge >= 0.3 is 11.7 Å². The number of carbonyl (C=O) groups is 1. The molecule has 0 bridgehead atoms. The van der Waals surface area contributed by atoms with E-state index in [0.717, 1.165) is 11.8 Å². The second-order valence-corrected chi connectivity index (χ2v) is 5.56. The standard InChI is InChI=1S/C13H10ClFN2O3S/c1-6-10(12(18)19)11(17-13(20)16-6)21-5-7-2-3-8(14)9(15)4-7/h2-4H,5H2,1H3,(H,18,19)(H,16,17,20). The van der Waals surface area contributed by atoms with Gasteiger partial charge in [0.05, 0.1) is 5.02 Å². The van der Waals surface area contributed by atoms with Gasteiger partial charge in [0.1, 0.15) is 16.4 Å². The minimum absolute atomic E-state index is 0.0140. The van der Waals surface area contributed by atoms with Gasteiger partial charge in [0.2, 0.25) is 0 Å². The lowest BCUT2D eigenvalue weighted by atomic mass is 10.2. The molecule has 0 saturated heterocycles. The smallest absolute Gasteiger partial charge is 0.346 e. The van der Waals surface area contributed by atoms with Crippen molar-refractivity contribution in [2.24, 2.45) is 0 Å². The van der Waals surface area contributed by atoms with Crippen molar-refractivity contribution in [1.82, 2.24) is 9.97 Å². The van der Waals surface area contributed by atoms with Crippen LogP contribution in [0.5, 0.6) is 0 Å². The topological polar surface area (TPSA) is 83.0 Å². The lowest BCUT2D eigenvalue weighted by molar-refractivity contribution is 0.0690. The molecule has 0 unspecified atom stereocenters. The highest BCUT2D eigenvalue weighted by Crippen LogP contribution is 2.26. The summed E-state index contributed by atoms with van der Waals surface area (Å²) in [4.78, 5) is 28.6. The molecule has 0 fully saturated rings. The molecule has 21 heavy (non-hydrogen) atoms. The summed E-state index contributed by atoms with van der Waals surface area (Å²) in [5.41, 5.74) is 0.154. The lowest BCUT2D eigenvalue weighted by Gasteiger charge is -2.07. The number of H-pyrrole nitrogens is 1. The van der Waals surface area contributed by atoms with Crippen LogP contribution in [0.3, 0.4) is 0 Å². The van der Waals surface area contributed by atoms with Gasteiger partial charge in [-0.25, -0.2) is 14.0 Å². The third-order valence-corrected chi connectivity index (χ3v) is 4.01. The fraction of sp³-hybridized carbons (Fsp3) is 0.154. The van der Waals surface area contributed by atoms with E-state index in [2.05, 4.69) is 9.97 Å². The van der Waals surface area contributed by atoms with E-state index in [0.29, 0.717) is 5.56 Å². The van der Waals surface area contributed by atoms with Gasteiger partial charge in [0, 0.05) is 11.4 Å². The van der Waals surface area contributed by atoms with Gasteiger partial charge in [0.15, 0.2) is 0 Å². The van der Waals surface area contributed by atoms with E-state index in [1.54, 1.807) is 6.07 Å². The molecule has 5 nitrogen and oxygen atoms in total. The normalized spacial score (nSPS) is 10.6. The zero-order chi connectivity index (χ0) is 15.6. The number of aryl methyl sites for hydroxylation is 1. The van der Waals surface area contributed by atoms with Gasteiger partial charge in [-0.2, -0.15) is 4.98 Å². The molecule has 0 radical (unpaired) electrons. The molecule has 0 aliphatic rings. The third kappa shape index (κ3) is 3.62. The monoisotopic (exact) mass is 328 g/mol. The summed E-state index contributed by atoms with van der Waals surface area (Å²) in [5, 5.41) is 9.27. The molecule has 2 aromatic rings. The Morgan fingerprint density at radius 2 is 2.24 bits per heavy atom. The van der Waals surface area contributed by atoms with Crippen LogP contribution in [0.2, 0.25) is 5.02 Å². The molecular formula is C13H10ClFN2O3S. The van der Waals surface area contributed by atoms with Crippen molar-refractivity contribution in [2.45, 2.75) is 17.7 Å². The minimum Gasteiger partial charge on any atom is -0.478 e. The maximum Gasteiger partial charge on any atom is 0.346 e. The molecule has 0 aliphatic heterocycles. The highest BCUT2D eigenvalue weighted by atomic mass is 35.5. The molecule has 110 valence electrons. The number of aromatic nitrogens is 2. The Morgan fingerprint density at radius 3 is 2.86 bits per heavy atom. The Kier molecular flexibility index (Phi) is 4.64. The Labute approximate surface area is 128 Å². The predicted molar refractivity (Wildman–Crippen MR) is 77.5 cm³/mol. The van der Waals surface area contributed by atoms with Gasteiger partial charge in [-0.15, -0.1) is 11.8 Å². The number of hydrogen-bond donors (Lipinski definition) is 2. The number of hydrogen-bond acceptors (Lipinski definition) is 4. The number of halogens is 2. The van der Waals surface area contributed by atoms with Crippen molar-refractivity contribution in [3.05, 3.63) is 56.3 Å². The number of aromatic carboxylic acids is 1. The van der Waals surface area contributed by atoms with Crippen molar-refractivity contribution in [1.29, 1.82) is 0 Å². The van der Waals surface area contributed by atoms with Crippen LogP contribution in [0.25, 0.3) is 0 Å². The van der Waals surface area contributed by atoms with Gasteiger partial charge in [-0.3, -0.25) is 0 Å². The molecule has 0 atom stereocenters. The van der Waals surface area contributed by atoms with E-state index in [1.165, 1.54) is 19.1 Å². The first kappa shape index (κ1) is 15.5. The third-order valence-electron chi connectivity index (χ3n) is 2.66. The van der Waals surface area contributed by atoms with Crippen LogP contribution in [0.4, 0.5) is 4.39 Å². The quantitative estimate of drug-likeness (QED) is 0.666. The number of thioether (sulfide) groups is 1. The van der Waals surface area contributed by atoms with Crippen LogP contribution < -0.4 is 5.69 Å². The predicted octanol–water partition coefficient (Wildman–Crippen LogP) is 2.86. The first-order valence-corrected chi connectivity index (χ1v) is 7.15. The largest absolute Gasteiger partial charge is 0.478 e. The number of nitrogens with zero attached hydrogens (tertiary/aromatic N) is 1. The number of benzene rings is 1. The molecule has 2 N–H and O–H groups in total. The SMILES string of the molecule is Cc1[nH]c(=O)nc(SCc2ccc(Cl)c(F)c2)c1C(=O)O. The average molecular weight is 329 g/mol. The zero-order valence-electron chi connectivity index (χ0n) is 10.8. The van der Waals surface area contributed by atoms with E-state index < -0.39 is 17.5 Å². The molecule has 0 saturated carbocycles. The van der Waals surface area contributed by atoms with E-state index in [-0.39, 0.29) is 27.1 Å². The lowest BCUT2D eigenvalue weighted by Crippen LogP contribution is -2.18. The number of rotatable bonds is 4. The van der Waals surface area contributed by atoms with Crippen molar-refractivity contribution >= 4 is 29.3 Å². The Hall–Kier alpha value is -1.86. The summed E-state index contributed by atoms with van der Waals surface area (Å²) in [7, 11) is 0. The van der Waals surface area contributed by atoms with Crippen LogP contribution in [0, 0.1) is 12.7 Å². The molecule has 0 amide bonds. The molecule has 1 aromatic heterocycles. The molecular weight excluding hydrogens is 319 g/mol. The maximum atomic E-state index is 13.3. The van der Waals surface area contributed by atoms with Crippen LogP contribution in [-0.4, -0.2) is 21.0 Å². The van der Waals surface area contributed by atoms with Crippen molar-refractivity contribution in [2.75, 3.05) is 0 Å². The van der Waals surface area contributed by atoms with E-state index in [4.69, 9.17) is 16.7 Å². The Balaban J connectivity index is 2.29. The summed E-state index contributed by atoms with van der Waals surface area (Å²) in [5.74, 6) is -1.46. The van der Waals surface area contributed by atoms with Crippen LogP contribution >= 0.6 is 23.4 Å². The molecule has 8 heteroatoms. The molecule has 1 heterocycles. The van der Waals surface area contributed by atoms with Crippen LogP contribution in [-0.2, 0) is 5.75 Å². The molecule has 1 aromatic carbocycles. The Bertz CT molecular complexity index is 764. The highest BCUT2D eigenvalue weighted by Gasteiger charge is 2.17. The summed E-state index contributed by atoms with van der Waals surface area (Å²) in [6.07, 6.45) is 0. The first-order valence-electron chi connectivity index (χ1n) is 5.79. The zero-order valence-corrected chi connectivity index (χ0v) is 12.4. The van der Waals surface area contributed by atoms with Gasteiger partial charge < -0.3 is 10.1 Å². The van der Waals surface area contributed by atoms with E-state index in [1.807, 2.05) is 0 Å². The highest BCUT2D eigenvalue weighted by molar-refractivity contribution is 7.98. The Morgan fingerprint density at radius 1 is 1.52 bits per heavy atom. The van der Waals surface area contributed by atoms with Crippen LogP contribution in [0.15, 0.2) is 28.0 Å². The summed E-state index contributed by atoms with van der Waals surface area (Å²) in [6, 6.07) is 4.30. The first-order chi connectivity index (χ1) is 9.88. The number of nitrogens with one attached hydrogen (secondary N) is 1. The van der Waals surface area contributed by atoms with Gasteiger partial charge in [-0.05, 0) is 24.6 Å². The van der Waals surface area contributed by atoms with Crippen molar-refractivity contribution in [3.8, 4) is 0 Å². The van der Waals surface area contributed by atoms with Gasteiger partial charge in [-0.1, -0.05) is 17.7 Å². The average Bonchev–Trinajstić information content (AvgIpc) is 2.38. The number of carboxylic acid groups (broad SMARTS) is 1. The molecule has 0 spiro atoms. The number of aromatic amines is 1. The fourth-order valence-electron chi connectivity index (χ4n) is 1.70. The van der Waals surface area contributed by atoms with Crippen molar-refractivity contribution in [3.63, 3.8) is 0 Å². The second-order valence-electron chi connectivity index (χ2n) is 4.19.